The molecule has 0 aromatic carbocycles. The van der Waals surface area contributed by atoms with E-state index in [4.69, 9.17) is 16.3 Å². The summed E-state index contributed by atoms with van der Waals surface area (Å²) >= 11 is 7.54. The summed E-state index contributed by atoms with van der Waals surface area (Å²) in [6.07, 6.45) is 9.77. The molecular formula is C22H20ClN3O3S. The normalized spacial score (nSPS) is 24.7. The predicted molar refractivity (Wildman–Crippen MR) is 115 cm³/mol. The van der Waals surface area contributed by atoms with Crippen molar-refractivity contribution in [1.29, 1.82) is 0 Å². The third-order valence-corrected chi connectivity index (χ3v) is 7.17. The first kappa shape index (κ1) is 19.3. The quantitative estimate of drug-likeness (QED) is 0.719. The van der Waals surface area contributed by atoms with Crippen LogP contribution in [0.3, 0.4) is 0 Å². The second-order valence-corrected chi connectivity index (χ2v) is 8.75. The van der Waals surface area contributed by atoms with Gasteiger partial charge in [-0.1, -0.05) is 23.8 Å². The van der Waals surface area contributed by atoms with E-state index < -0.39 is 5.66 Å². The molecule has 0 radical (unpaired) electrons. The topological polar surface area (TPSA) is 62.7 Å². The molecular weight excluding hydrogens is 422 g/mol. The molecule has 0 spiro atoms. The molecule has 2 atom stereocenters. The van der Waals surface area contributed by atoms with Crippen molar-refractivity contribution in [2.24, 2.45) is 5.92 Å². The molecule has 1 saturated heterocycles. The van der Waals surface area contributed by atoms with Gasteiger partial charge in [-0.2, -0.15) is 0 Å². The fourth-order valence-corrected chi connectivity index (χ4v) is 5.79. The molecule has 5 rings (SSSR count). The Morgan fingerprint density at radius 1 is 1.40 bits per heavy atom. The minimum absolute atomic E-state index is 0.0621. The van der Waals surface area contributed by atoms with E-state index in [1.165, 1.54) is 11.3 Å². The third-order valence-electron chi connectivity index (χ3n) is 6.00. The van der Waals surface area contributed by atoms with Crippen LogP contribution in [0.1, 0.15) is 38.9 Å². The summed E-state index contributed by atoms with van der Waals surface area (Å²) in [5.74, 6) is 0.262. The van der Waals surface area contributed by atoms with Crippen LogP contribution in [0, 0.1) is 5.92 Å². The van der Waals surface area contributed by atoms with Crippen LogP contribution in [0.2, 0.25) is 0 Å². The van der Waals surface area contributed by atoms with Gasteiger partial charge in [-0.15, -0.1) is 11.3 Å². The van der Waals surface area contributed by atoms with Crippen LogP contribution in [0.15, 0.2) is 53.2 Å². The second-order valence-electron chi connectivity index (χ2n) is 7.40. The third kappa shape index (κ3) is 2.58. The molecule has 3 aliphatic rings. The van der Waals surface area contributed by atoms with Gasteiger partial charge >= 0.3 is 0 Å². The molecule has 2 aromatic rings. The van der Waals surface area contributed by atoms with Gasteiger partial charge in [0.2, 0.25) is 0 Å². The largest absolute Gasteiger partial charge is 0.492 e. The number of halogens is 1. The number of allylic oxidation sites excluding steroid dienone is 3. The minimum Gasteiger partial charge on any atom is -0.492 e. The zero-order chi connectivity index (χ0) is 20.9. The first-order valence-electron chi connectivity index (χ1n) is 9.91. The number of nitrogens with zero attached hydrogens (tertiary/aromatic N) is 3. The van der Waals surface area contributed by atoms with E-state index in [2.05, 4.69) is 4.98 Å². The Bertz CT molecular complexity index is 1090. The van der Waals surface area contributed by atoms with Crippen molar-refractivity contribution < 1.29 is 14.3 Å². The standard InChI is InChI=1S/C22H20ClN3O3S/c1-2-29-18-8-12-30-19(18)21(28)26-11-10-25-20(27)16-7-9-24-13-17(16)22(25,26)14-3-5-15(23)6-4-14/h3,5-9,12-14H,2,4,10-11H2,1H3. The number of fused-ring (bicyclic) bond motifs is 3. The van der Waals surface area contributed by atoms with Crippen LogP contribution < -0.4 is 4.74 Å². The maximum absolute atomic E-state index is 13.8. The molecule has 6 nitrogen and oxygen atoms in total. The molecule has 0 N–H and O–H groups in total. The fourth-order valence-electron chi connectivity index (χ4n) is 4.85. The molecule has 154 valence electrons. The fraction of sp³-hybridized carbons (Fsp3) is 0.318. The summed E-state index contributed by atoms with van der Waals surface area (Å²) in [5, 5.41) is 2.52. The first-order chi connectivity index (χ1) is 14.6. The highest BCUT2D eigenvalue weighted by atomic mass is 35.5. The molecule has 2 aliphatic heterocycles. The van der Waals surface area contributed by atoms with Crippen LogP contribution in [-0.2, 0) is 5.66 Å². The second kappa shape index (κ2) is 7.25. The molecule has 30 heavy (non-hydrogen) atoms. The van der Waals surface area contributed by atoms with Crippen molar-refractivity contribution >= 4 is 34.8 Å². The van der Waals surface area contributed by atoms with Crippen molar-refractivity contribution in [2.45, 2.75) is 19.0 Å². The number of hydrogen-bond acceptors (Lipinski definition) is 5. The lowest BCUT2D eigenvalue weighted by molar-refractivity contribution is -0.000938. The van der Waals surface area contributed by atoms with Gasteiger partial charge in [0, 0.05) is 42.0 Å². The number of rotatable bonds is 4. The summed E-state index contributed by atoms with van der Waals surface area (Å²) < 4.78 is 5.68. The number of aromatic nitrogens is 1. The Morgan fingerprint density at radius 2 is 2.27 bits per heavy atom. The maximum Gasteiger partial charge on any atom is 0.269 e. The van der Waals surface area contributed by atoms with Gasteiger partial charge in [-0.3, -0.25) is 14.6 Å². The van der Waals surface area contributed by atoms with Crippen molar-refractivity contribution in [1.82, 2.24) is 14.8 Å². The van der Waals surface area contributed by atoms with Gasteiger partial charge in [0.1, 0.15) is 10.6 Å². The molecule has 4 heterocycles. The molecule has 2 unspecified atom stereocenters. The summed E-state index contributed by atoms with van der Waals surface area (Å²) in [6.45, 7) is 3.29. The lowest BCUT2D eigenvalue weighted by Crippen LogP contribution is -2.55. The minimum atomic E-state index is -0.921. The molecule has 1 aliphatic carbocycles. The predicted octanol–water partition coefficient (Wildman–Crippen LogP) is 4.01. The van der Waals surface area contributed by atoms with Crippen molar-refractivity contribution in [2.75, 3.05) is 19.7 Å². The van der Waals surface area contributed by atoms with Crippen LogP contribution in [0.25, 0.3) is 0 Å². The van der Waals surface area contributed by atoms with Gasteiger partial charge in [0.05, 0.1) is 12.2 Å². The average Bonchev–Trinajstić information content (AvgIpc) is 3.44. The van der Waals surface area contributed by atoms with Crippen LogP contribution in [-0.4, -0.2) is 46.3 Å². The Hall–Kier alpha value is -2.64. The highest BCUT2D eigenvalue weighted by molar-refractivity contribution is 7.12. The monoisotopic (exact) mass is 441 g/mol. The van der Waals surface area contributed by atoms with E-state index in [1.54, 1.807) is 18.5 Å². The van der Waals surface area contributed by atoms with E-state index in [1.807, 2.05) is 46.4 Å². The van der Waals surface area contributed by atoms with Gasteiger partial charge in [0.15, 0.2) is 5.66 Å². The number of carbonyl (C=O) groups is 2. The van der Waals surface area contributed by atoms with Crippen molar-refractivity contribution in [3.05, 3.63) is 69.2 Å². The van der Waals surface area contributed by atoms with Gasteiger partial charge in [-0.05, 0) is 36.9 Å². The number of amides is 2. The van der Waals surface area contributed by atoms with Gasteiger partial charge < -0.3 is 14.5 Å². The Labute approximate surface area is 183 Å². The number of carbonyl (C=O) groups excluding carboxylic acids is 2. The number of hydrogen-bond donors (Lipinski definition) is 0. The molecule has 0 bridgehead atoms. The smallest absolute Gasteiger partial charge is 0.269 e. The zero-order valence-corrected chi connectivity index (χ0v) is 17.9. The van der Waals surface area contributed by atoms with Gasteiger partial charge in [-0.25, -0.2) is 0 Å². The van der Waals surface area contributed by atoms with Crippen LogP contribution >= 0.6 is 22.9 Å². The molecule has 1 fully saturated rings. The number of ether oxygens (including phenoxy) is 1. The average molecular weight is 442 g/mol. The maximum atomic E-state index is 13.8. The lowest BCUT2D eigenvalue weighted by atomic mass is 9.81. The number of thiophene rings is 1. The van der Waals surface area contributed by atoms with E-state index in [0.717, 1.165) is 5.56 Å². The van der Waals surface area contributed by atoms with Crippen LogP contribution in [0.4, 0.5) is 0 Å². The SMILES string of the molecule is CCOc1ccsc1C(=O)N1CCN2C(=O)c3ccncc3C21C1C=CC(Cl)=CC1. The van der Waals surface area contributed by atoms with Crippen molar-refractivity contribution in [3.63, 3.8) is 0 Å². The van der Waals surface area contributed by atoms with E-state index in [9.17, 15) is 9.59 Å². The molecule has 8 heteroatoms. The highest BCUT2D eigenvalue weighted by Gasteiger charge is 2.62. The Balaban J connectivity index is 1.67. The lowest BCUT2D eigenvalue weighted by Gasteiger charge is -2.44. The number of pyridine rings is 1. The van der Waals surface area contributed by atoms with Crippen molar-refractivity contribution in [3.8, 4) is 5.75 Å². The summed E-state index contributed by atoms with van der Waals surface area (Å²) in [4.78, 5) is 35.6. The molecule has 2 aromatic heterocycles. The van der Waals surface area contributed by atoms with Gasteiger partial charge in [0.25, 0.3) is 11.8 Å². The van der Waals surface area contributed by atoms with Crippen LogP contribution in [0.5, 0.6) is 5.75 Å². The summed E-state index contributed by atoms with van der Waals surface area (Å²) in [7, 11) is 0. The first-order valence-corrected chi connectivity index (χ1v) is 11.2. The zero-order valence-electron chi connectivity index (χ0n) is 16.4. The van der Waals surface area contributed by atoms with E-state index >= 15 is 0 Å². The summed E-state index contributed by atoms with van der Waals surface area (Å²) in [6, 6.07) is 3.56. The summed E-state index contributed by atoms with van der Waals surface area (Å²) in [5.41, 5.74) is 0.458. The highest BCUT2D eigenvalue weighted by Crippen LogP contribution is 2.53. The van der Waals surface area contributed by atoms with E-state index in [-0.39, 0.29) is 17.7 Å². The molecule has 0 saturated carbocycles. The molecule has 2 amide bonds. The Morgan fingerprint density at radius 3 is 3.03 bits per heavy atom. The van der Waals surface area contributed by atoms with E-state index in [0.29, 0.717) is 47.3 Å². The Kier molecular flexibility index (Phi) is 4.67.